The van der Waals surface area contributed by atoms with Gasteiger partial charge in [0.05, 0.1) is 12.3 Å². The molecule has 66 valence electrons. The molecule has 12 heavy (non-hydrogen) atoms. The van der Waals surface area contributed by atoms with Gasteiger partial charge in [0.1, 0.15) is 5.03 Å². The van der Waals surface area contributed by atoms with Crippen LogP contribution in [0.1, 0.15) is 0 Å². The molecule has 4 heteroatoms. The fraction of sp³-hybridized carbons (Fsp3) is 0.375. The van der Waals surface area contributed by atoms with Crippen LogP contribution < -0.4 is 5.73 Å². The van der Waals surface area contributed by atoms with Gasteiger partial charge in [-0.2, -0.15) is 0 Å². The van der Waals surface area contributed by atoms with Crippen molar-refractivity contribution >= 4 is 17.4 Å². The van der Waals surface area contributed by atoms with Crippen molar-refractivity contribution in [2.75, 3.05) is 25.2 Å². The van der Waals surface area contributed by atoms with E-state index in [4.69, 9.17) is 10.5 Å². The third-order valence-electron chi connectivity index (χ3n) is 1.33. The molecular formula is C8H12N2OS. The number of ether oxygens (including phenoxy) is 1. The molecule has 1 aromatic rings. The first-order valence-corrected chi connectivity index (χ1v) is 4.65. The smallest absolute Gasteiger partial charge is 0.119 e. The first-order chi connectivity index (χ1) is 5.84. The first kappa shape index (κ1) is 9.35. The van der Waals surface area contributed by atoms with Crippen molar-refractivity contribution in [2.45, 2.75) is 5.03 Å². The predicted octanol–water partition coefficient (Wildman–Crippen LogP) is 1.40. The number of thioether (sulfide) groups is 1. The van der Waals surface area contributed by atoms with Crippen molar-refractivity contribution in [3.05, 3.63) is 18.3 Å². The van der Waals surface area contributed by atoms with Gasteiger partial charge in [0.15, 0.2) is 0 Å². The van der Waals surface area contributed by atoms with Crippen LogP contribution in [0.5, 0.6) is 0 Å². The minimum absolute atomic E-state index is 0.723. The van der Waals surface area contributed by atoms with Gasteiger partial charge < -0.3 is 10.5 Å². The molecular weight excluding hydrogens is 172 g/mol. The van der Waals surface area contributed by atoms with Crippen molar-refractivity contribution in [3.8, 4) is 0 Å². The number of anilines is 1. The molecule has 2 N–H and O–H groups in total. The summed E-state index contributed by atoms with van der Waals surface area (Å²) in [6.07, 6.45) is 1.74. The molecule has 0 radical (unpaired) electrons. The molecule has 0 aliphatic carbocycles. The standard InChI is InChI=1S/C8H12N2OS/c1-11-5-6-12-8-7(9)3-2-4-10-8/h2-4H,5-6,9H2,1H3. The number of aromatic nitrogens is 1. The molecule has 0 saturated heterocycles. The van der Waals surface area contributed by atoms with Crippen LogP contribution in [-0.4, -0.2) is 24.5 Å². The van der Waals surface area contributed by atoms with Gasteiger partial charge in [0.2, 0.25) is 0 Å². The third-order valence-corrected chi connectivity index (χ3v) is 2.31. The van der Waals surface area contributed by atoms with Crippen LogP contribution in [0.4, 0.5) is 5.69 Å². The number of rotatable bonds is 4. The van der Waals surface area contributed by atoms with Crippen LogP contribution in [0.3, 0.4) is 0 Å². The van der Waals surface area contributed by atoms with Crippen LogP contribution in [0.15, 0.2) is 23.4 Å². The first-order valence-electron chi connectivity index (χ1n) is 3.67. The van der Waals surface area contributed by atoms with E-state index in [0.29, 0.717) is 0 Å². The number of nitrogen functional groups attached to an aromatic ring is 1. The summed E-state index contributed by atoms with van der Waals surface area (Å²) in [4.78, 5) is 4.13. The number of hydrogen-bond acceptors (Lipinski definition) is 4. The highest BCUT2D eigenvalue weighted by molar-refractivity contribution is 7.99. The average Bonchev–Trinajstić information content (AvgIpc) is 2.09. The van der Waals surface area contributed by atoms with Gasteiger partial charge in [0.25, 0.3) is 0 Å². The van der Waals surface area contributed by atoms with Crippen molar-refractivity contribution < 1.29 is 4.74 Å². The average molecular weight is 184 g/mol. The topological polar surface area (TPSA) is 48.1 Å². The van der Waals surface area contributed by atoms with Crippen LogP contribution in [-0.2, 0) is 4.74 Å². The van der Waals surface area contributed by atoms with Crippen LogP contribution in [0, 0.1) is 0 Å². The molecule has 0 spiro atoms. The van der Waals surface area contributed by atoms with Gasteiger partial charge in [-0.3, -0.25) is 0 Å². The molecule has 0 amide bonds. The van der Waals surface area contributed by atoms with E-state index >= 15 is 0 Å². The second-order valence-electron chi connectivity index (χ2n) is 2.24. The second kappa shape index (κ2) is 5.00. The fourth-order valence-electron chi connectivity index (χ4n) is 0.746. The number of pyridine rings is 1. The molecule has 1 heterocycles. The van der Waals surface area contributed by atoms with Gasteiger partial charge in [-0.15, -0.1) is 11.8 Å². The normalized spacial score (nSPS) is 10.1. The second-order valence-corrected chi connectivity index (χ2v) is 3.32. The Morgan fingerprint density at radius 2 is 2.50 bits per heavy atom. The zero-order chi connectivity index (χ0) is 8.81. The molecule has 1 aromatic heterocycles. The Labute approximate surface area is 76.3 Å². The lowest BCUT2D eigenvalue weighted by molar-refractivity contribution is 0.218. The molecule has 3 nitrogen and oxygen atoms in total. The molecule has 0 unspecified atom stereocenters. The molecule has 0 bridgehead atoms. The molecule has 0 aromatic carbocycles. The summed E-state index contributed by atoms with van der Waals surface area (Å²) in [5, 5.41) is 0.884. The van der Waals surface area contributed by atoms with Gasteiger partial charge in [-0.05, 0) is 12.1 Å². The number of hydrogen-bond donors (Lipinski definition) is 1. The van der Waals surface area contributed by atoms with Crippen molar-refractivity contribution in [3.63, 3.8) is 0 Å². The molecule has 0 atom stereocenters. The maximum atomic E-state index is 5.68. The van der Waals surface area contributed by atoms with E-state index in [9.17, 15) is 0 Å². The van der Waals surface area contributed by atoms with Crippen LogP contribution in [0.25, 0.3) is 0 Å². The Bertz CT molecular complexity index is 242. The zero-order valence-corrected chi connectivity index (χ0v) is 7.80. The largest absolute Gasteiger partial charge is 0.397 e. The van der Waals surface area contributed by atoms with Crippen LogP contribution in [0.2, 0.25) is 0 Å². The lowest BCUT2D eigenvalue weighted by Crippen LogP contribution is -1.95. The quantitative estimate of drug-likeness (QED) is 0.567. The minimum atomic E-state index is 0.723. The maximum absolute atomic E-state index is 5.68. The Hall–Kier alpha value is -0.740. The Morgan fingerprint density at radius 1 is 1.67 bits per heavy atom. The SMILES string of the molecule is COCCSc1ncccc1N. The Morgan fingerprint density at radius 3 is 3.17 bits per heavy atom. The summed E-state index contributed by atoms with van der Waals surface area (Å²) in [5.41, 5.74) is 6.41. The number of nitrogens with two attached hydrogens (primary N) is 1. The van der Waals surface area contributed by atoms with Crippen molar-refractivity contribution in [1.29, 1.82) is 0 Å². The number of methoxy groups -OCH3 is 1. The van der Waals surface area contributed by atoms with Crippen molar-refractivity contribution in [1.82, 2.24) is 4.98 Å². The van der Waals surface area contributed by atoms with E-state index in [1.807, 2.05) is 12.1 Å². The molecule has 1 rings (SSSR count). The van der Waals surface area contributed by atoms with Crippen LogP contribution >= 0.6 is 11.8 Å². The van der Waals surface area contributed by atoms with E-state index in [0.717, 1.165) is 23.1 Å². The summed E-state index contributed by atoms with van der Waals surface area (Å²) in [7, 11) is 1.68. The highest BCUT2D eigenvalue weighted by Gasteiger charge is 1.98. The maximum Gasteiger partial charge on any atom is 0.119 e. The summed E-state index contributed by atoms with van der Waals surface area (Å²) in [6, 6.07) is 3.68. The van der Waals surface area contributed by atoms with Gasteiger partial charge in [-0.25, -0.2) is 4.98 Å². The highest BCUT2D eigenvalue weighted by Crippen LogP contribution is 2.20. The molecule has 0 aliphatic heterocycles. The zero-order valence-electron chi connectivity index (χ0n) is 6.99. The monoisotopic (exact) mass is 184 g/mol. The van der Waals surface area contributed by atoms with Gasteiger partial charge >= 0.3 is 0 Å². The predicted molar refractivity (Wildman–Crippen MR) is 51.2 cm³/mol. The molecule has 0 saturated carbocycles. The number of nitrogens with zero attached hydrogens (tertiary/aromatic N) is 1. The van der Waals surface area contributed by atoms with E-state index in [2.05, 4.69) is 4.98 Å². The highest BCUT2D eigenvalue weighted by atomic mass is 32.2. The fourth-order valence-corrected chi connectivity index (χ4v) is 1.56. The van der Waals surface area contributed by atoms with Crippen molar-refractivity contribution in [2.24, 2.45) is 0 Å². The summed E-state index contributed by atoms with van der Waals surface area (Å²) >= 11 is 1.61. The van der Waals surface area contributed by atoms with Gasteiger partial charge in [-0.1, -0.05) is 0 Å². The summed E-state index contributed by atoms with van der Waals surface area (Å²) < 4.78 is 4.91. The molecule has 0 fully saturated rings. The van der Waals surface area contributed by atoms with E-state index in [1.165, 1.54) is 0 Å². The van der Waals surface area contributed by atoms with E-state index < -0.39 is 0 Å². The third kappa shape index (κ3) is 2.71. The summed E-state index contributed by atoms with van der Waals surface area (Å²) in [5.74, 6) is 0.887. The summed E-state index contributed by atoms with van der Waals surface area (Å²) in [6.45, 7) is 0.723. The van der Waals surface area contributed by atoms with E-state index in [-0.39, 0.29) is 0 Å². The lowest BCUT2D eigenvalue weighted by atomic mass is 10.4. The lowest BCUT2D eigenvalue weighted by Gasteiger charge is -2.02. The minimum Gasteiger partial charge on any atom is -0.397 e. The molecule has 0 aliphatic rings. The Balaban J connectivity index is 2.46. The van der Waals surface area contributed by atoms with Gasteiger partial charge in [0, 0.05) is 19.1 Å². The Kier molecular flexibility index (Phi) is 3.90. The van der Waals surface area contributed by atoms with E-state index in [1.54, 1.807) is 25.1 Å².